The fraction of sp³-hybridized carbons (Fsp3) is 0.212. The van der Waals surface area contributed by atoms with E-state index in [-0.39, 0.29) is 35.4 Å². The number of carbonyl (C=O) groups excluding carboxylic acids is 2. The summed E-state index contributed by atoms with van der Waals surface area (Å²) >= 11 is 0. The van der Waals surface area contributed by atoms with E-state index in [1.165, 1.54) is 41.3 Å². The Balaban J connectivity index is 1.37. The van der Waals surface area contributed by atoms with Crippen LogP contribution in [0.5, 0.6) is 11.5 Å². The maximum atomic E-state index is 13.4. The molecule has 0 saturated heterocycles. The SMILES string of the molecule is COc1ccc(CCNC(=O)[C@@H](C)N(Cc2ccccc2)C(=O)COc2ccc(S(=O)(=O)Nc3ccc(F)cc3)cc2)cc1. The molecule has 0 bridgehead atoms. The Morgan fingerprint density at radius 1 is 0.841 bits per heavy atom. The first-order valence-corrected chi connectivity index (χ1v) is 15.4. The minimum Gasteiger partial charge on any atom is -0.497 e. The first-order valence-electron chi connectivity index (χ1n) is 13.9. The number of anilines is 1. The number of methoxy groups -OCH3 is 1. The van der Waals surface area contributed by atoms with Crippen LogP contribution in [0.3, 0.4) is 0 Å². The van der Waals surface area contributed by atoms with Crippen molar-refractivity contribution >= 4 is 27.5 Å². The van der Waals surface area contributed by atoms with E-state index in [1.54, 1.807) is 14.0 Å². The van der Waals surface area contributed by atoms with Gasteiger partial charge < -0.3 is 19.7 Å². The molecule has 2 N–H and O–H groups in total. The number of nitrogens with one attached hydrogen (secondary N) is 2. The fourth-order valence-electron chi connectivity index (χ4n) is 4.31. The predicted octanol–water partition coefficient (Wildman–Crippen LogP) is 4.79. The maximum Gasteiger partial charge on any atom is 0.261 e. The quantitative estimate of drug-likeness (QED) is 0.210. The highest BCUT2D eigenvalue weighted by molar-refractivity contribution is 7.92. The first-order chi connectivity index (χ1) is 21.1. The average Bonchev–Trinajstić information content (AvgIpc) is 3.04. The first kappa shape index (κ1) is 32.0. The molecule has 230 valence electrons. The summed E-state index contributed by atoms with van der Waals surface area (Å²) in [6.45, 7) is 1.89. The molecule has 4 rings (SSSR count). The Morgan fingerprint density at radius 2 is 1.48 bits per heavy atom. The molecular formula is C33H34FN3O6S. The Morgan fingerprint density at radius 3 is 2.11 bits per heavy atom. The largest absolute Gasteiger partial charge is 0.497 e. The number of carbonyl (C=O) groups is 2. The summed E-state index contributed by atoms with van der Waals surface area (Å²) in [7, 11) is -2.32. The van der Waals surface area contributed by atoms with Gasteiger partial charge in [-0.05, 0) is 85.1 Å². The number of hydrogen-bond acceptors (Lipinski definition) is 6. The van der Waals surface area contributed by atoms with Crippen LogP contribution in [-0.4, -0.2) is 51.4 Å². The molecule has 0 saturated carbocycles. The number of benzene rings is 4. The van der Waals surface area contributed by atoms with Crippen molar-refractivity contribution in [2.45, 2.75) is 30.8 Å². The van der Waals surface area contributed by atoms with Crippen LogP contribution in [0.2, 0.25) is 0 Å². The van der Waals surface area contributed by atoms with E-state index in [2.05, 4.69) is 10.0 Å². The van der Waals surface area contributed by atoms with E-state index in [0.29, 0.717) is 13.0 Å². The van der Waals surface area contributed by atoms with E-state index in [4.69, 9.17) is 9.47 Å². The van der Waals surface area contributed by atoms with Crippen molar-refractivity contribution in [3.63, 3.8) is 0 Å². The summed E-state index contributed by atoms with van der Waals surface area (Å²) in [6, 6.07) is 26.6. The number of halogens is 1. The van der Waals surface area contributed by atoms with Gasteiger partial charge in [0.2, 0.25) is 5.91 Å². The predicted molar refractivity (Wildman–Crippen MR) is 165 cm³/mol. The molecule has 0 aromatic heterocycles. The van der Waals surface area contributed by atoms with Crippen molar-refractivity contribution in [2.24, 2.45) is 0 Å². The highest BCUT2D eigenvalue weighted by atomic mass is 32.2. The molecule has 11 heteroatoms. The molecule has 4 aromatic rings. The van der Waals surface area contributed by atoms with Crippen LogP contribution >= 0.6 is 0 Å². The van der Waals surface area contributed by atoms with Crippen LogP contribution in [0.4, 0.5) is 10.1 Å². The molecule has 0 fully saturated rings. The number of nitrogens with zero attached hydrogens (tertiary/aromatic N) is 1. The second-order valence-electron chi connectivity index (χ2n) is 9.94. The molecule has 0 aliphatic rings. The van der Waals surface area contributed by atoms with Gasteiger partial charge in [-0.3, -0.25) is 14.3 Å². The molecule has 0 unspecified atom stereocenters. The van der Waals surface area contributed by atoms with Crippen molar-refractivity contribution in [3.05, 3.63) is 120 Å². The lowest BCUT2D eigenvalue weighted by Crippen LogP contribution is -2.49. The smallest absolute Gasteiger partial charge is 0.261 e. The normalized spacial score (nSPS) is 11.7. The number of rotatable bonds is 14. The van der Waals surface area contributed by atoms with Gasteiger partial charge in [-0.15, -0.1) is 0 Å². The van der Waals surface area contributed by atoms with E-state index in [0.717, 1.165) is 29.0 Å². The van der Waals surface area contributed by atoms with E-state index in [9.17, 15) is 22.4 Å². The standard InChI is InChI=1S/C33H34FN3O6S/c1-24(33(39)35-21-20-25-8-14-29(42-2)15-9-25)37(22-26-6-4-3-5-7-26)32(38)23-43-30-16-18-31(19-17-30)44(40,41)36-28-12-10-27(34)11-13-28/h3-19,24,36H,20-23H2,1-2H3,(H,35,39)/t24-/m1/s1. The van der Waals surface area contributed by atoms with Gasteiger partial charge in [-0.25, -0.2) is 12.8 Å². The van der Waals surface area contributed by atoms with Crippen molar-refractivity contribution in [2.75, 3.05) is 25.0 Å². The molecule has 1 atom stereocenters. The third-order valence-electron chi connectivity index (χ3n) is 6.83. The lowest BCUT2D eigenvalue weighted by molar-refractivity contribution is -0.142. The second kappa shape index (κ2) is 15.0. The fourth-order valence-corrected chi connectivity index (χ4v) is 5.37. The van der Waals surface area contributed by atoms with Crippen molar-refractivity contribution in [1.29, 1.82) is 0 Å². The third kappa shape index (κ3) is 9.05. The van der Waals surface area contributed by atoms with Crippen molar-refractivity contribution in [1.82, 2.24) is 10.2 Å². The maximum absolute atomic E-state index is 13.4. The zero-order chi connectivity index (χ0) is 31.5. The topological polar surface area (TPSA) is 114 Å². The van der Waals surface area contributed by atoms with Gasteiger partial charge in [0.15, 0.2) is 6.61 Å². The molecule has 4 aromatic carbocycles. The summed E-state index contributed by atoms with van der Waals surface area (Å²) < 4.78 is 51.8. The lowest BCUT2D eigenvalue weighted by atomic mass is 10.1. The van der Waals surface area contributed by atoms with Crippen LogP contribution in [0.1, 0.15) is 18.1 Å². The molecule has 9 nitrogen and oxygen atoms in total. The summed E-state index contributed by atoms with van der Waals surface area (Å²) in [4.78, 5) is 27.8. The van der Waals surface area contributed by atoms with Crippen molar-refractivity contribution in [3.8, 4) is 11.5 Å². The number of ether oxygens (including phenoxy) is 2. The van der Waals surface area contributed by atoms with Crippen LogP contribution in [0.15, 0.2) is 108 Å². The Bertz CT molecular complexity index is 1630. The second-order valence-corrected chi connectivity index (χ2v) is 11.6. The average molecular weight is 620 g/mol. The van der Waals surface area contributed by atoms with Gasteiger partial charge in [0, 0.05) is 18.8 Å². The Kier molecular flexibility index (Phi) is 10.9. The molecule has 0 heterocycles. The lowest BCUT2D eigenvalue weighted by Gasteiger charge is -2.28. The van der Waals surface area contributed by atoms with Crippen LogP contribution in [-0.2, 0) is 32.6 Å². The van der Waals surface area contributed by atoms with Gasteiger partial charge in [0.25, 0.3) is 15.9 Å². The van der Waals surface area contributed by atoms with Crippen LogP contribution < -0.4 is 19.5 Å². The van der Waals surface area contributed by atoms with E-state index < -0.39 is 27.8 Å². The molecule has 0 spiro atoms. The zero-order valence-corrected chi connectivity index (χ0v) is 25.2. The van der Waals surface area contributed by atoms with E-state index >= 15 is 0 Å². The Hall–Kier alpha value is -4.90. The van der Waals surface area contributed by atoms with Gasteiger partial charge in [0.05, 0.1) is 12.0 Å². The highest BCUT2D eigenvalue weighted by Crippen LogP contribution is 2.20. The van der Waals surface area contributed by atoms with Gasteiger partial charge >= 0.3 is 0 Å². The minimum absolute atomic E-state index is 0.0360. The number of amides is 2. The zero-order valence-electron chi connectivity index (χ0n) is 24.4. The summed E-state index contributed by atoms with van der Waals surface area (Å²) in [5.41, 5.74) is 2.10. The number of sulfonamides is 1. The van der Waals surface area contributed by atoms with Gasteiger partial charge in [-0.1, -0.05) is 42.5 Å². The molecule has 0 aliphatic heterocycles. The monoisotopic (exact) mass is 619 g/mol. The molecular weight excluding hydrogens is 585 g/mol. The highest BCUT2D eigenvalue weighted by Gasteiger charge is 2.26. The summed E-state index contributed by atoms with van der Waals surface area (Å²) in [5.74, 6) is -0.169. The van der Waals surface area contributed by atoms with Crippen LogP contribution in [0, 0.1) is 5.82 Å². The van der Waals surface area contributed by atoms with Gasteiger partial charge in [-0.2, -0.15) is 0 Å². The molecule has 2 amide bonds. The minimum atomic E-state index is -3.93. The third-order valence-corrected chi connectivity index (χ3v) is 8.22. The van der Waals surface area contributed by atoms with Crippen LogP contribution in [0.25, 0.3) is 0 Å². The van der Waals surface area contributed by atoms with E-state index in [1.807, 2.05) is 54.6 Å². The number of hydrogen-bond donors (Lipinski definition) is 2. The molecule has 44 heavy (non-hydrogen) atoms. The van der Waals surface area contributed by atoms with Crippen molar-refractivity contribution < 1.29 is 31.9 Å². The Labute approximate surface area is 256 Å². The molecule has 0 aliphatic carbocycles. The summed E-state index contributed by atoms with van der Waals surface area (Å²) in [6.07, 6.45) is 0.614. The summed E-state index contributed by atoms with van der Waals surface area (Å²) in [5, 5.41) is 2.91. The van der Waals surface area contributed by atoms with Gasteiger partial charge in [0.1, 0.15) is 23.4 Å². The molecule has 0 radical (unpaired) electrons.